The lowest BCUT2D eigenvalue weighted by atomic mass is 9.93. The van der Waals surface area contributed by atoms with Crippen molar-refractivity contribution in [2.24, 2.45) is 5.41 Å². The molecule has 0 saturated heterocycles. The molecule has 3 heteroatoms. The molecule has 0 heterocycles. The molecule has 0 aromatic carbocycles. The molecule has 1 aliphatic carbocycles. The van der Waals surface area contributed by atoms with Gasteiger partial charge in [0.2, 0.25) is 0 Å². The van der Waals surface area contributed by atoms with Gasteiger partial charge in [-0.25, -0.2) is 0 Å². The molecule has 0 N–H and O–H groups in total. The van der Waals surface area contributed by atoms with Crippen LogP contribution in [0.15, 0.2) is 0 Å². The molecule has 1 aliphatic rings. The van der Waals surface area contributed by atoms with Crippen molar-refractivity contribution in [3.8, 4) is 6.07 Å². The Balaban J connectivity index is 2.31. The molecule has 0 aromatic heterocycles. The third-order valence-electron chi connectivity index (χ3n) is 2.90. The summed E-state index contributed by atoms with van der Waals surface area (Å²) in [5.74, 6) is 0.700. The van der Waals surface area contributed by atoms with Crippen LogP contribution in [0.3, 0.4) is 0 Å². The van der Waals surface area contributed by atoms with Gasteiger partial charge in [-0.2, -0.15) is 5.26 Å². The van der Waals surface area contributed by atoms with Crippen LogP contribution in [-0.2, 0) is 10.8 Å². The lowest BCUT2D eigenvalue weighted by Crippen LogP contribution is -2.18. The highest BCUT2D eigenvalue weighted by molar-refractivity contribution is 7.85. The maximum atomic E-state index is 11.8. The molecule has 1 atom stereocenters. The average molecular weight is 213 g/mol. The minimum Gasteiger partial charge on any atom is -0.259 e. The van der Waals surface area contributed by atoms with E-state index in [1.807, 2.05) is 13.8 Å². The van der Waals surface area contributed by atoms with E-state index in [9.17, 15) is 4.21 Å². The summed E-state index contributed by atoms with van der Waals surface area (Å²) in [5, 5.41) is 9.24. The Hall–Kier alpha value is -0.360. The third-order valence-corrected chi connectivity index (χ3v) is 4.73. The Morgan fingerprint density at radius 1 is 1.43 bits per heavy atom. The molecule has 14 heavy (non-hydrogen) atoms. The highest BCUT2D eigenvalue weighted by Crippen LogP contribution is 2.25. The first-order chi connectivity index (χ1) is 6.55. The summed E-state index contributed by atoms with van der Waals surface area (Å²) in [6, 6.07) is 2.25. The van der Waals surface area contributed by atoms with Crippen molar-refractivity contribution in [2.75, 3.05) is 5.75 Å². The Morgan fingerprint density at radius 2 is 2.00 bits per heavy atom. The largest absolute Gasteiger partial charge is 0.259 e. The zero-order chi connectivity index (χ0) is 10.6. The molecule has 2 nitrogen and oxygen atoms in total. The smallest absolute Gasteiger partial charge is 0.0684 e. The van der Waals surface area contributed by atoms with Crippen LogP contribution in [0, 0.1) is 16.7 Å². The molecule has 1 fully saturated rings. The second-order valence-corrected chi connectivity index (χ2v) is 6.57. The monoisotopic (exact) mass is 213 g/mol. The van der Waals surface area contributed by atoms with Gasteiger partial charge in [0.15, 0.2) is 0 Å². The van der Waals surface area contributed by atoms with Crippen LogP contribution >= 0.6 is 0 Å². The van der Waals surface area contributed by atoms with Crippen LogP contribution in [0.5, 0.6) is 0 Å². The number of hydrogen-bond donors (Lipinski definition) is 0. The Kier molecular flexibility index (Phi) is 4.12. The fourth-order valence-electron chi connectivity index (χ4n) is 1.73. The molecule has 80 valence electrons. The van der Waals surface area contributed by atoms with Gasteiger partial charge in [0, 0.05) is 21.8 Å². The molecule has 0 aromatic rings. The van der Waals surface area contributed by atoms with Crippen molar-refractivity contribution in [3.05, 3.63) is 0 Å². The Bertz CT molecular complexity index is 249. The van der Waals surface area contributed by atoms with Crippen molar-refractivity contribution in [3.63, 3.8) is 0 Å². The van der Waals surface area contributed by atoms with Gasteiger partial charge >= 0.3 is 0 Å². The van der Waals surface area contributed by atoms with E-state index in [4.69, 9.17) is 5.26 Å². The summed E-state index contributed by atoms with van der Waals surface area (Å²) in [7, 11) is -0.695. The van der Waals surface area contributed by atoms with Gasteiger partial charge in [-0.15, -0.1) is 0 Å². The predicted octanol–water partition coefficient (Wildman–Crippen LogP) is 2.62. The average Bonchev–Trinajstić information content (AvgIpc) is 2.67. The minimum absolute atomic E-state index is 0.311. The normalized spacial score (nSPS) is 20.6. The second-order valence-electron chi connectivity index (χ2n) is 4.74. The van der Waals surface area contributed by atoms with E-state index in [2.05, 4.69) is 6.07 Å². The molecular weight excluding hydrogens is 194 g/mol. The van der Waals surface area contributed by atoms with E-state index in [0.717, 1.165) is 19.3 Å². The first-order valence-corrected chi connectivity index (χ1v) is 6.72. The van der Waals surface area contributed by atoms with Crippen LogP contribution in [0.2, 0.25) is 0 Å². The van der Waals surface area contributed by atoms with Gasteiger partial charge in [-0.3, -0.25) is 4.21 Å². The van der Waals surface area contributed by atoms with Crippen molar-refractivity contribution in [1.29, 1.82) is 5.26 Å². The molecule has 0 radical (unpaired) electrons. The van der Waals surface area contributed by atoms with Gasteiger partial charge < -0.3 is 0 Å². The SMILES string of the molecule is CC(C)(C#N)CCS(=O)C1CCCC1. The van der Waals surface area contributed by atoms with Gasteiger partial charge in [0.1, 0.15) is 0 Å². The van der Waals surface area contributed by atoms with Crippen LogP contribution in [0.4, 0.5) is 0 Å². The number of rotatable bonds is 4. The quantitative estimate of drug-likeness (QED) is 0.720. The lowest BCUT2D eigenvalue weighted by molar-refractivity contribution is 0.478. The van der Waals surface area contributed by atoms with Crippen LogP contribution in [-0.4, -0.2) is 15.2 Å². The highest BCUT2D eigenvalue weighted by Gasteiger charge is 2.24. The summed E-state index contributed by atoms with van der Waals surface area (Å²) < 4.78 is 11.8. The molecule has 0 aliphatic heterocycles. The van der Waals surface area contributed by atoms with E-state index in [0.29, 0.717) is 11.0 Å². The molecule has 1 unspecified atom stereocenters. The Labute approximate surface area is 89.1 Å². The summed E-state index contributed by atoms with van der Waals surface area (Å²) in [4.78, 5) is 0. The second kappa shape index (κ2) is 4.93. The van der Waals surface area contributed by atoms with Crippen LogP contribution in [0.25, 0.3) is 0 Å². The Morgan fingerprint density at radius 3 is 2.50 bits per heavy atom. The topological polar surface area (TPSA) is 40.9 Å². The van der Waals surface area contributed by atoms with E-state index < -0.39 is 10.8 Å². The van der Waals surface area contributed by atoms with E-state index in [-0.39, 0.29) is 5.41 Å². The van der Waals surface area contributed by atoms with Gasteiger partial charge in [-0.05, 0) is 33.1 Å². The number of nitriles is 1. The van der Waals surface area contributed by atoms with Gasteiger partial charge in [0.05, 0.1) is 11.5 Å². The molecule has 1 rings (SSSR count). The molecule has 0 spiro atoms. The zero-order valence-corrected chi connectivity index (χ0v) is 9.90. The third kappa shape index (κ3) is 3.42. The maximum absolute atomic E-state index is 11.8. The maximum Gasteiger partial charge on any atom is 0.0684 e. The zero-order valence-electron chi connectivity index (χ0n) is 9.08. The lowest BCUT2D eigenvalue weighted by Gasteiger charge is -2.16. The summed E-state index contributed by atoms with van der Waals surface area (Å²) in [5.41, 5.74) is -0.311. The van der Waals surface area contributed by atoms with Gasteiger partial charge in [-0.1, -0.05) is 12.8 Å². The molecule has 0 bridgehead atoms. The first kappa shape index (κ1) is 11.7. The van der Waals surface area contributed by atoms with E-state index >= 15 is 0 Å². The van der Waals surface area contributed by atoms with Crippen molar-refractivity contribution in [2.45, 2.75) is 51.2 Å². The molecule has 1 saturated carbocycles. The van der Waals surface area contributed by atoms with Crippen LogP contribution in [0.1, 0.15) is 46.0 Å². The van der Waals surface area contributed by atoms with Gasteiger partial charge in [0.25, 0.3) is 0 Å². The van der Waals surface area contributed by atoms with Crippen molar-refractivity contribution in [1.82, 2.24) is 0 Å². The predicted molar refractivity (Wildman–Crippen MR) is 59.3 cm³/mol. The first-order valence-electron chi connectivity index (χ1n) is 5.33. The fraction of sp³-hybridized carbons (Fsp3) is 0.909. The molecular formula is C11H19NOS. The van der Waals surface area contributed by atoms with E-state index in [1.54, 1.807) is 0 Å². The molecule has 0 amide bonds. The van der Waals surface area contributed by atoms with Crippen molar-refractivity contribution >= 4 is 10.8 Å². The summed E-state index contributed by atoms with van der Waals surface area (Å²) in [6.07, 6.45) is 5.47. The van der Waals surface area contributed by atoms with Crippen molar-refractivity contribution < 1.29 is 4.21 Å². The van der Waals surface area contributed by atoms with Crippen LogP contribution < -0.4 is 0 Å². The summed E-state index contributed by atoms with van der Waals surface area (Å²) >= 11 is 0. The van der Waals surface area contributed by atoms with E-state index in [1.165, 1.54) is 12.8 Å². The number of hydrogen-bond acceptors (Lipinski definition) is 2. The standard InChI is InChI=1S/C11H19NOS/c1-11(2,9-12)7-8-14(13)10-5-3-4-6-10/h10H,3-8H2,1-2H3. The highest BCUT2D eigenvalue weighted by atomic mass is 32.2. The minimum atomic E-state index is -0.695. The summed E-state index contributed by atoms with van der Waals surface area (Å²) in [6.45, 7) is 3.83. The number of nitrogens with zero attached hydrogens (tertiary/aromatic N) is 1. The fourth-order valence-corrected chi connectivity index (χ4v) is 3.63.